The quantitative estimate of drug-likeness (QED) is 0.768. The fourth-order valence-corrected chi connectivity index (χ4v) is 3.68. The lowest BCUT2D eigenvalue weighted by Gasteiger charge is -2.39. The Labute approximate surface area is 115 Å². The number of hydrogen-bond donors (Lipinski definition) is 1. The lowest BCUT2D eigenvalue weighted by atomic mass is 9.91. The average Bonchev–Trinajstić information content (AvgIpc) is 2.94. The summed E-state index contributed by atoms with van der Waals surface area (Å²) in [5, 5.41) is 0. The molecule has 0 aromatic carbocycles. The normalized spacial score (nSPS) is 31.2. The number of piperazine rings is 1. The third kappa shape index (κ3) is 2.78. The summed E-state index contributed by atoms with van der Waals surface area (Å²) in [6.07, 6.45) is 4.36. The number of nitrogens with zero attached hydrogens (tertiary/aromatic N) is 2. The third-order valence-corrected chi connectivity index (χ3v) is 4.96. The first-order valence-electron chi connectivity index (χ1n) is 7.62. The minimum atomic E-state index is -0.322. The first-order valence-corrected chi connectivity index (χ1v) is 7.62. The van der Waals surface area contributed by atoms with Crippen LogP contribution in [0, 0.1) is 5.92 Å². The molecule has 3 rings (SSSR count). The molecule has 3 heterocycles. The van der Waals surface area contributed by atoms with Gasteiger partial charge in [-0.1, -0.05) is 0 Å². The molecular formula is C14H25N3O2. The summed E-state index contributed by atoms with van der Waals surface area (Å²) >= 11 is 0. The summed E-state index contributed by atoms with van der Waals surface area (Å²) in [5.41, 5.74) is 6.20. The Morgan fingerprint density at radius 2 is 1.95 bits per heavy atom. The van der Waals surface area contributed by atoms with Gasteiger partial charge in [0, 0.05) is 38.9 Å². The Morgan fingerprint density at radius 3 is 2.74 bits per heavy atom. The standard InChI is InChI=1S/C14H25N3O2/c15-13(11-3-8-19-9-4-11)14(18)17-7-6-16-5-1-2-12(16)10-17/h11-13H,1-10,15H2. The molecule has 1 amide bonds. The van der Waals surface area contributed by atoms with E-state index in [0.717, 1.165) is 45.7 Å². The van der Waals surface area contributed by atoms with Gasteiger partial charge in [0.05, 0.1) is 6.04 Å². The monoisotopic (exact) mass is 267 g/mol. The van der Waals surface area contributed by atoms with Crippen LogP contribution in [0.1, 0.15) is 25.7 Å². The summed E-state index contributed by atoms with van der Waals surface area (Å²) in [5.74, 6) is 0.473. The molecule has 3 fully saturated rings. The average molecular weight is 267 g/mol. The zero-order chi connectivity index (χ0) is 13.2. The molecule has 0 spiro atoms. The Morgan fingerprint density at radius 1 is 1.16 bits per heavy atom. The Hall–Kier alpha value is -0.650. The van der Waals surface area contributed by atoms with E-state index in [4.69, 9.17) is 10.5 Å². The van der Waals surface area contributed by atoms with Crippen LogP contribution in [0.4, 0.5) is 0 Å². The van der Waals surface area contributed by atoms with E-state index in [-0.39, 0.29) is 11.9 Å². The Bertz CT molecular complexity index is 331. The molecule has 5 nitrogen and oxygen atoms in total. The second kappa shape index (κ2) is 5.77. The van der Waals surface area contributed by atoms with Gasteiger partial charge in [0.1, 0.15) is 0 Å². The molecule has 19 heavy (non-hydrogen) atoms. The smallest absolute Gasteiger partial charge is 0.239 e. The van der Waals surface area contributed by atoms with Crippen LogP contribution in [0.2, 0.25) is 0 Å². The maximum atomic E-state index is 12.5. The van der Waals surface area contributed by atoms with Crippen LogP contribution in [-0.2, 0) is 9.53 Å². The molecule has 0 saturated carbocycles. The van der Waals surface area contributed by atoms with Crippen molar-refractivity contribution in [2.75, 3.05) is 39.4 Å². The predicted molar refractivity (Wildman–Crippen MR) is 72.7 cm³/mol. The number of ether oxygens (including phenoxy) is 1. The van der Waals surface area contributed by atoms with Crippen LogP contribution in [0.5, 0.6) is 0 Å². The molecule has 2 N–H and O–H groups in total. The van der Waals surface area contributed by atoms with Gasteiger partial charge in [0.2, 0.25) is 5.91 Å². The van der Waals surface area contributed by atoms with Gasteiger partial charge in [-0.2, -0.15) is 0 Å². The molecule has 0 aromatic rings. The summed E-state index contributed by atoms with van der Waals surface area (Å²) in [7, 11) is 0. The highest BCUT2D eigenvalue weighted by molar-refractivity contribution is 5.82. The van der Waals surface area contributed by atoms with Gasteiger partial charge in [-0.15, -0.1) is 0 Å². The van der Waals surface area contributed by atoms with E-state index in [0.29, 0.717) is 12.0 Å². The summed E-state index contributed by atoms with van der Waals surface area (Å²) in [6, 6.07) is 0.261. The van der Waals surface area contributed by atoms with Crippen LogP contribution in [0.3, 0.4) is 0 Å². The van der Waals surface area contributed by atoms with Gasteiger partial charge in [-0.05, 0) is 38.1 Å². The Kier molecular flexibility index (Phi) is 4.05. The summed E-state index contributed by atoms with van der Waals surface area (Å²) in [6.45, 7) is 5.47. The third-order valence-electron chi connectivity index (χ3n) is 4.96. The van der Waals surface area contributed by atoms with Crippen molar-refractivity contribution in [1.29, 1.82) is 0 Å². The van der Waals surface area contributed by atoms with Gasteiger partial charge in [0.25, 0.3) is 0 Å². The van der Waals surface area contributed by atoms with Crippen molar-refractivity contribution in [1.82, 2.24) is 9.80 Å². The number of nitrogens with two attached hydrogens (primary N) is 1. The minimum absolute atomic E-state index is 0.165. The number of carbonyl (C=O) groups is 1. The van der Waals surface area contributed by atoms with Crippen molar-refractivity contribution < 1.29 is 9.53 Å². The molecular weight excluding hydrogens is 242 g/mol. The van der Waals surface area contributed by atoms with Crippen molar-refractivity contribution in [3.05, 3.63) is 0 Å². The van der Waals surface area contributed by atoms with E-state index in [1.165, 1.54) is 19.4 Å². The van der Waals surface area contributed by atoms with Crippen molar-refractivity contribution in [2.45, 2.75) is 37.8 Å². The predicted octanol–water partition coefficient (Wildman–Crippen LogP) is 0.0469. The number of fused-ring (bicyclic) bond motifs is 1. The molecule has 3 saturated heterocycles. The van der Waals surface area contributed by atoms with Crippen LogP contribution < -0.4 is 5.73 Å². The number of hydrogen-bond acceptors (Lipinski definition) is 4. The van der Waals surface area contributed by atoms with E-state index in [1.54, 1.807) is 0 Å². The lowest BCUT2D eigenvalue weighted by Crippen LogP contribution is -2.57. The fourth-order valence-electron chi connectivity index (χ4n) is 3.68. The second-order valence-electron chi connectivity index (χ2n) is 6.09. The van der Waals surface area contributed by atoms with Gasteiger partial charge < -0.3 is 15.4 Å². The second-order valence-corrected chi connectivity index (χ2v) is 6.09. The topological polar surface area (TPSA) is 58.8 Å². The van der Waals surface area contributed by atoms with Crippen LogP contribution in [-0.4, -0.2) is 67.2 Å². The molecule has 2 unspecified atom stereocenters. The molecule has 0 aliphatic carbocycles. The van der Waals surface area contributed by atoms with Crippen molar-refractivity contribution in [3.63, 3.8) is 0 Å². The molecule has 0 bridgehead atoms. The molecule has 0 radical (unpaired) electrons. The van der Waals surface area contributed by atoms with E-state index >= 15 is 0 Å². The highest BCUT2D eigenvalue weighted by Gasteiger charge is 2.36. The zero-order valence-corrected chi connectivity index (χ0v) is 11.6. The molecule has 3 aliphatic heterocycles. The molecule has 3 aliphatic rings. The number of carbonyl (C=O) groups excluding carboxylic acids is 1. The summed E-state index contributed by atoms with van der Waals surface area (Å²) < 4.78 is 5.34. The maximum Gasteiger partial charge on any atom is 0.239 e. The van der Waals surface area contributed by atoms with E-state index < -0.39 is 0 Å². The minimum Gasteiger partial charge on any atom is -0.381 e. The molecule has 5 heteroatoms. The highest BCUT2D eigenvalue weighted by atomic mass is 16.5. The molecule has 0 aromatic heterocycles. The maximum absolute atomic E-state index is 12.5. The number of rotatable bonds is 2. The van der Waals surface area contributed by atoms with Gasteiger partial charge in [-0.25, -0.2) is 0 Å². The van der Waals surface area contributed by atoms with Crippen molar-refractivity contribution in [3.8, 4) is 0 Å². The van der Waals surface area contributed by atoms with Crippen LogP contribution in [0.25, 0.3) is 0 Å². The van der Waals surface area contributed by atoms with Crippen LogP contribution in [0.15, 0.2) is 0 Å². The SMILES string of the molecule is NC(C(=O)N1CCN2CCCC2C1)C1CCOCC1. The van der Waals surface area contributed by atoms with Gasteiger partial charge in [-0.3, -0.25) is 9.69 Å². The molecule has 2 atom stereocenters. The largest absolute Gasteiger partial charge is 0.381 e. The highest BCUT2D eigenvalue weighted by Crippen LogP contribution is 2.24. The molecule has 108 valence electrons. The van der Waals surface area contributed by atoms with Crippen molar-refractivity contribution in [2.24, 2.45) is 11.7 Å². The number of amides is 1. The van der Waals surface area contributed by atoms with Gasteiger partial charge >= 0.3 is 0 Å². The van der Waals surface area contributed by atoms with Crippen LogP contribution >= 0.6 is 0 Å². The summed E-state index contributed by atoms with van der Waals surface area (Å²) in [4.78, 5) is 17.1. The van der Waals surface area contributed by atoms with Gasteiger partial charge in [0.15, 0.2) is 0 Å². The van der Waals surface area contributed by atoms with Crippen molar-refractivity contribution >= 4 is 5.91 Å². The van der Waals surface area contributed by atoms with E-state index in [9.17, 15) is 4.79 Å². The first-order chi connectivity index (χ1) is 9.25. The lowest BCUT2D eigenvalue weighted by molar-refractivity contribution is -0.137. The van der Waals surface area contributed by atoms with E-state index in [1.807, 2.05) is 4.90 Å². The first kappa shape index (κ1) is 13.3. The van der Waals surface area contributed by atoms with E-state index in [2.05, 4.69) is 4.90 Å². The fraction of sp³-hybridized carbons (Fsp3) is 0.929. The Balaban J connectivity index is 1.57. The zero-order valence-electron chi connectivity index (χ0n) is 11.6.